The quantitative estimate of drug-likeness (QED) is 0.451. The number of thioether (sulfide) groups is 1. The number of hydrogen-bond acceptors (Lipinski definition) is 1. The summed E-state index contributed by atoms with van der Waals surface area (Å²) >= 11 is 9.49. The molecule has 90 valence electrons. The first kappa shape index (κ1) is 14.4. The summed E-state index contributed by atoms with van der Waals surface area (Å²) in [6.45, 7) is 0. The second-order valence-electron chi connectivity index (χ2n) is 4.71. The van der Waals surface area contributed by atoms with Crippen molar-refractivity contribution in [2.24, 2.45) is 11.3 Å². The third kappa shape index (κ3) is 3.92. The van der Waals surface area contributed by atoms with E-state index in [-0.39, 0.29) is 0 Å². The van der Waals surface area contributed by atoms with Crippen molar-refractivity contribution in [1.82, 2.24) is 0 Å². The van der Waals surface area contributed by atoms with E-state index in [1.54, 1.807) is 0 Å². The third-order valence-electron chi connectivity index (χ3n) is 3.78. The Labute approximate surface area is 116 Å². The van der Waals surface area contributed by atoms with Crippen LogP contribution in [-0.2, 0) is 0 Å². The summed E-state index contributed by atoms with van der Waals surface area (Å²) in [4.78, 5) is 0. The predicted molar refractivity (Wildman–Crippen MR) is 79.6 cm³/mol. The van der Waals surface area contributed by atoms with Gasteiger partial charge in [-0.05, 0) is 49.0 Å². The van der Waals surface area contributed by atoms with Gasteiger partial charge in [0.05, 0.1) is 0 Å². The van der Waals surface area contributed by atoms with Crippen molar-refractivity contribution in [3.8, 4) is 0 Å². The van der Waals surface area contributed by atoms with E-state index in [1.165, 1.54) is 54.9 Å². The first-order valence-corrected chi connectivity index (χ1v) is 9.53. The van der Waals surface area contributed by atoms with Gasteiger partial charge in [0.25, 0.3) is 0 Å². The van der Waals surface area contributed by atoms with Crippen molar-refractivity contribution < 1.29 is 0 Å². The van der Waals surface area contributed by atoms with Gasteiger partial charge in [0, 0.05) is 10.7 Å². The molecule has 0 aromatic rings. The molecule has 0 heterocycles. The fourth-order valence-corrected chi connectivity index (χ4v) is 5.54. The van der Waals surface area contributed by atoms with Gasteiger partial charge in [-0.25, -0.2) is 0 Å². The lowest BCUT2D eigenvalue weighted by Crippen LogP contribution is -2.33. The van der Waals surface area contributed by atoms with E-state index in [0.717, 1.165) is 5.92 Å². The first-order valence-electron chi connectivity index (χ1n) is 5.90. The second kappa shape index (κ2) is 7.60. The van der Waals surface area contributed by atoms with Crippen LogP contribution in [0.25, 0.3) is 0 Å². The van der Waals surface area contributed by atoms with Crippen molar-refractivity contribution >= 4 is 43.6 Å². The topological polar surface area (TPSA) is 0 Å². The molecule has 1 rings (SSSR count). The molecule has 0 aromatic heterocycles. The van der Waals surface area contributed by atoms with Gasteiger partial charge in [0.2, 0.25) is 0 Å². The summed E-state index contributed by atoms with van der Waals surface area (Å²) in [7, 11) is 0. The average Bonchev–Trinajstić information content (AvgIpc) is 2.79. The molecule has 1 saturated carbocycles. The summed E-state index contributed by atoms with van der Waals surface area (Å²) in [6.07, 6.45) is 10.8. The van der Waals surface area contributed by atoms with Gasteiger partial charge in [-0.2, -0.15) is 11.8 Å². The Bertz CT molecular complexity index is 163. The van der Waals surface area contributed by atoms with Crippen LogP contribution in [0, 0.1) is 11.3 Å². The third-order valence-corrected chi connectivity index (χ3v) is 6.71. The Morgan fingerprint density at radius 1 is 1.20 bits per heavy atom. The van der Waals surface area contributed by atoms with Gasteiger partial charge >= 0.3 is 0 Å². The molecular weight excluding hydrogens is 336 g/mol. The highest BCUT2D eigenvalue weighted by molar-refractivity contribution is 9.09. The van der Waals surface area contributed by atoms with Gasteiger partial charge in [-0.3, -0.25) is 0 Å². The SMILES string of the molecule is CSCCCC(CBr)(CBr)C1CCCC1. The van der Waals surface area contributed by atoms with E-state index in [2.05, 4.69) is 38.1 Å². The number of hydrogen-bond donors (Lipinski definition) is 0. The monoisotopic (exact) mass is 356 g/mol. The zero-order valence-corrected chi connectivity index (χ0v) is 13.6. The fourth-order valence-electron chi connectivity index (χ4n) is 2.70. The lowest BCUT2D eigenvalue weighted by atomic mass is 9.74. The van der Waals surface area contributed by atoms with E-state index in [4.69, 9.17) is 0 Å². The lowest BCUT2D eigenvalue weighted by Gasteiger charge is -2.36. The smallest absolute Gasteiger partial charge is 0.00986 e. The molecular formula is C12H22Br2S. The van der Waals surface area contributed by atoms with Gasteiger partial charge < -0.3 is 0 Å². The maximum atomic E-state index is 3.76. The van der Waals surface area contributed by atoms with Crippen LogP contribution in [0.5, 0.6) is 0 Å². The maximum absolute atomic E-state index is 3.76. The molecule has 15 heavy (non-hydrogen) atoms. The molecule has 0 radical (unpaired) electrons. The summed E-state index contributed by atoms with van der Waals surface area (Å²) in [5, 5.41) is 2.34. The van der Waals surface area contributed by atoms with Crippen LogP contribution in [0.4, 0.5) is 0 Å². The van der Waals surface area contributed by atoms with E-state index < -0.39 is 0 Å². The molecule has 0 aromatic carbocycles. The Kier molecular flexibility index (Phi) is 7.28. The molecule has 1 fully saturated rings. The Morgan fingerprint density at radius 3 is 2.27 bits per heavy atom. The molecule has 0 bridgehead atoms. The van der Waals surface area contributed by atoms with E-state index in [1.807, 2.05) is 11.8 Å². The van der Waals surface area contributed by atoms with Crippen molar-refractivity contribution in [3.05, 3.63) is 0 Å². The van der Waals surface area contributed by atoms with E-state index in [0.29, 0.717) is 5.41 Å². The molecule has 0 atom stereocenters. The zero-order valence-electron chi connectivity index (χ0n) is 9.61. The summed E-state index contributed by atoms with van der Waals surface area (Å²) in [5.74, 6) is 2.27. The summed E-state index contributed by atoms with van der Waals surface area (Å²) in [5.41, 5.74) is 0.534. The van der Waals surface area contributed by atoms with Crippen LogP contribution in [0.15, 0.2) is 0 Å². The highest BCUT2D eigenvalue weighted by Gasteiger charge is 2.37. The highest BCUT2D eigenvalue weighted by atomic mass is 79.9. The van der Waals surface area contributed by atoms with Crippen molar-refractivity contribution in [1.29, 1.82) is 0 Å². The molecule has 1 aliphatic carbocycles. The number of rotatable bonds is 7. The van der Waals surface area contributed by atoms with Crippen molar-refractivity contribution in [3.63, 3.8) is 0 Å². The largest absolute Gasteiger partial charge is 0.165 e. The molecule has 0 nitrogen and oxygen atoms in total. The van der Waals surface area contributed by atoms with Gasteiger partial charge in [-0.15, -0.1) is 0 Å². The molecule has 0 saturated heterocycles. The molecule has 1 aliphatic rings. The van der Waals surface area contributed by atoms with Gasteiger partial charge in [-0.1, -0.05) is 44.7 Å². The van der Waals surface area contributed by atoms with Crippen LogP contribution < -0.4 is 0 Å². The Morgan fingerprint density at radius 2 is 1.80 bits per heavy atom. The molecule has 0 aliphatic heterocycles. The zero-order chi connectivity index (χ0) is 11.1. The summed E-state index contributed by atoms with van der Waals surface area (Å²) < 4.78 is 0. The number of alkyl halides is 2. The van der Waals surface area contributed by atoms with Crippen molar-refractivity contribution in [2.75, 3.05) is 22.7 Å². The Balaban J connectivity index is 2.50. The molecule has 0 spiro atoms. The van der Waals surface area contributed by atoms with Crippen LogP contribution in [0.3, 0.4) is 0 Å². The summed E-state index contributed by atoms with van der Waals surface area (Å²) in [6, 6.07) is 0. The minimum absolute atomic E-state index is 0.534. The normalized spacial score (nSPS) is 18.6. The average molecular weight is 358 g/mol. The van der Waals surface area contributed by atoms with Crippen LogP contribution in [0.1, 0.15) is 38.5 Å². The van der Waals surface area contributed by atoms with E-state index in [9.17, 15) is 0 Å². The highest BCUT2D eigenvalue weighted by Crippen LogP contribution is 2.45. The predicted octanol–water partition coefficient (Wildman–Crippen LogP) is 5.10. The van der Waals surface area contributed by atoms with Crippen molar-refractivity contribution in [2.45, 2.75) is 38.5 Å². The minimum Gasteiger partial charge on any atom is -0.165 e. The van der Waals surface area contributed by atoms with Crippen LogP contribution in [0.2, 0.25) is 0 Å². The molecule has 3 heteroatoms. The molecule has 0 unspecified atom stereocenters. The van der Waals surface area contributed by atoms with Crippen LogP contribution >= 0.6 is 43.6 Å². The minimum atomic E-state index is 0.534. The molecule has 0 amide bonds. The van der Waals surface area contributed by atoms with Gasteiger partial charge in [0.1, 0.15) is 0 Å². The standard InChI is InChI=1S/C12H22Br2S/c1-15-8-4-7-12(9-13,10-14)11-5-2-3-6-11/h11H,2-10H2,1H3. The van der Waals surface area contributed by atoms with E-state index >= 15 is 0 Å². The lowest BCUT2D eigenvalue weighted by molar-refractivity contribution is 0.215. The van der Waals surface area contributed by atoms with Crippen LogP contribution in [-0.4, -0.2) is 22.7 Å². The van der Waals surface area contributed by atoms with Gasteiger partial charge in [0.15, 0.2) is 0 Å². The number of halogens is 2. The Hall–Kier alpha value is 1.31. The fraction of sp³-hybridized carbons (Fsp3) is 1.00. The second-order valence-corrected chi connectivity index (χ2v) is 6.81. The molecule has 0 N–H and O–H groups in total. The first-order chi connectivity index (χ1) is 7.29. The maximum Gasteiger partial charge on any atom is 0.00986 e.